The van der Waals surface area contributed by atoms with Gasteiger partial charge < -0.3 is 0 Å². The number of aliphatic imine (C=N–C) groups is 1. The van der Waals surface area contributed by atoms with E-state index in [1.807, 2.05) is 36.5 Å². The molecule has 0 atom stereocenters. The summed E-state index contributed by atoms with van der Waals surface area (Å²) in [5, 5.41) is 0. The van der Waals surface area contributed by atoms with Gasteiger partial charge in [0.1, 0.15) is 0 Å². The minimum atomic E-state index is 0.773. The molecule has 0 saturated carbocycles. The number of hydrogen-bond acceptors (Lipinski definition) is 3. The molecule has 1 heterocycles. The fraction of sp³-hybridized carbons (Fsp3) is 0.385. The Kier molecular flexibility index (Phi) is 4.93. The van der Waals surface area contributed by atoms with Crippen LogP contribution in [0.3, 0.4) is 0 Å². The molecule has 4 nitrogen and oxygen atoms in total. The molecule has 1 aliphatic heterocycles. The van der Waals surface area contributed by atoms with E-state index < -0.39 is 0 Å². The van der Waals surface area contributed by atoms with Gasteiger partial charge in [0.2, 0.25) is 0 Å². The van der Waals surface area contributed by atoms with Crippen molar-refractivity contribution in [3.05, 3.63) is 30.3 Å². The molecule has 0 aliphatic carbocycles. The molecule has 96 valence electrons. The molecule has 5 heteroatoms. The van der Waals surface area contributed by atoms with Crippen molar-refractivity contribution in [3.63, 3.8) is 0 Å². The molecular weight excluding hydrogens is 293 g/mol. The predicted octanol–water partition coefficient (Wildman–Crippen LogP) is 0.739. The summed E-state index contributed by atoms with van der Waals surface area (Å²) in [5.41, 5.74) is 1.12. The molecule has 0 unspecified atom stereocenters. The zero-order valence-electron chi connectivity index (χ0n) is 10.5. The Morgan fingerprint density at radius 2 is 2.00 bits per heavy atom. The maximum absolute atomic E-state index is 5.31. The van der Waals surface area contributed by atoms with Crippen LogP contribution in [0, 0.1) is 0 Å². The van der Waals surface area contributed by atoms with E-state index in [9.17, 15) is 0 Å². The van der Waals surface area contributed by atoms with Crippen molar-refractivity contribution in [2.45, 2.75) is 0 Å². The molecule has 1 aliphatic rings. The third kappa shape index (κ3) is 3.67. The first kappa shape index (κ1) is 13.3. The van der Waals surface area contributed by atoms with Crippen molar-refractivity contribution in [2.75, 3.05) is 38.3 Å². The molecule has 1 aromatic rings. The SMILES string of the molecule is CN(/C=N/C(=[Se])N1CCOCC1)c1ccccc1. The summed E-state index contributed by atoms with van der Waals surface area (Å²) in [7, 11) is 1.99. The van der Waals surface area contributed by atoms with Crippen molar-refractivity contribution >= 4 is 32.3 Å². The molecule has 1 saturated heterocycles. The predicted molar refractivity (Wildman–Crippen MR) is 76.5 cm³/mol. The molecule has 0 spiro atoms. The summed E-state index contributed by atoms with van der Waals surface area (Å²) in [4.78, 5) is 8.65. The number of hydrogen-bond donors (Lipinski definition) is 0. The Bertz CT molecular complexity index is 416. The van der Waals surface area contributed by atoms with E-state index >= 15 is 0 Å². The van der Waals surface area contributed by atoms with Crippen molar-refractivity contribution in [1.29, 1.82) is 0 Å². The van der Waals surface area contributed by atoms with Crippen LogP contribution in [-0.2, 0) is 4.74 Å². The standard InChI is InChI=1S/C13H17N3OSe/c1-15(12-5-3-2-4-6-12)11-14-13(18)16-7-9-17-10-8-16/h2-6,11H,7-10H2,1H3/b14-11+. The Morgan fingerprint density at radius 3 is 2.67 bits per heavy atom. The van der Waals surface area contributed by atoms with Gasteiger partial charge in [-0.25, -0.2) is 0 Å². The zero-order valence-corrected chi connectivity index (χ0v) is 12.2. The van der Waals surface area contributed by atoms with Gasteiger partial charge in [-0.1, -0.05) is 0 Å². The van der Waals surface area contributed by atoms with E-state index in [1.54, 1.807) is 0 Å². The molecule has 1 aromatic carbocycles. The number of morpholine rings is 1. The average molecular weight is 310 g/mol. The van der Waals surface area contributed by atoms with E-state index in [0.717, 1.165) is 36.7 Å². The van der Waals surface area contributed by atoms with Crippen LogP contribution in [0.5, 0.6) is 0 Å². The summed E-state index contributed by atoms with van der Waals surface area (Å²) < 4.78 is 6.23. The fourth-order valence-corrected chi connectivity index (χ4v) is 2.18. The first-order chi connectivity index (χ1) is 8.77. The van der Waals surface area contributed by atoms with Crippen molar-refractivity contribution in [1.82, 2.24) is 4.90 Å². The van der Waals surface area contributed by atoms with Gasteiger partial charge in [-0.15, -0.1) is 0 Å². The Labute approximate surface area is 116 Å². The fourth-order valence-electron chi connectivity index (χ4n) is 1.70. The van der Waals surface area contributed by atoms with E-state index in [2.05, 4.69) is 37.6 Å². The van der Waals surface area contributed by atoms with Crippen LogP contribution in [-0.4, -0.2) is 64.8 Å². The third-order valence-corrected chi connectivity index (χ3v) is 3.55. The normalized spacial score (nSPS) is 15.9. The zero-order chi connectivity index (χ0) is 12.8. The van der Waals surface area contributed by atoms with E-state index in [1.165, 1.54) is 0 Å². The monoisotopic (exact) mass is 311 g/mol. The van der Waals surface area contributed by atoms with Crippen LogP contribution in [0.1, 0.15) is 0 Å². The van der Waals surface area contributed by atoms with Crippen LogP contribution >= 0.6 is 0 Å². The summed E-state index contributed by atoms with van der Waals surface area (Å²) in [6.45, 7) is 3.34. The molecule has 0 bridgehead atoms. The molecule has 1 fully saturated rings. The van der Waals surface area contributed by atoms with Gasteiger partial charge in [0.05, 0.1) is 0 Å². The van der Waals surface area contributed by atoms with Gasteiger partial charge >= 0.3 is 115 Å². The Hall–Kier alpha value is -1.16. The quantitative estimate of drug-likeness (QED) is 0.466. The van der Waals surface area contributed by atoms with Crippen LogP contribution in [0.2, 0.25) is 0 Å². The Morgan fingerprint density at radius 1 is 1.33 bits per heavy atom. The van der Waals surface area contributed by atoms with Crippen LogP contribution in [0.25, 0.3) is 0 Å². The second-order valence-corrected chi connectivity index (χ2v) is 4.84. The molecule has 0 N–H and O–H groups in total. The van der Waals surface area contributed by atoms with Crippen molar-refractivity contribution in [2.24, 2.45) is 4.99 Å². The number of benzene rings is 1. The Balaban J connectivity index is 1.92. The van der Waals surface area contributed by atoms with Gasteiger partial charge in [-0.2, -0.15) is 0 Å². The second kappa shape index (κ2) is 6.69. The average Bonchev–Trinajstić information content (AvgIpc) is 2.46. The summed E-state index contributed by atoms with van der Waals surface area (Å²) in [6.07, 6.45) is 1.83. The molecule has 18 heavy (non-hydrogen) atoms. The van der Waals surface area contributed by atoms with Gasteiger partial charge in [0.15, 0.2) is 0 Å². The van der Waals surface area contributed by atoms with Crippen LogP contribution in [0.4, 0.5) is 5.69 Å². The summed E-state index contributed by atoms with van der Waals surface area (Å²) in [6, 6.07) is 10.2. The molecule has 0 amide bonds. The molecule has 0 aromatic heterocycles. The number of nitrogens with zero attached hydrogens (tertiary/aromatic N) is 3. The number of rotatable bonds is 4. The number of para-hydroxylation sites is 1. The van der Waals surface area contributed by atoms with Gasteiger partial charge in [-0.05, 0) is 0 Å². The van der Waals surface area contributed by atoms with E-state index in [0.29, 0.717) is 0 Å². The minimum absolute atomic E-state index is 0.773. The van der Waals surface area contributed by atoms with Crippen LogP contribution < -0.4 is 4.90 Å². The van der Waals surface area contributed by atoms with Crippen molar-refractivity contribution < 1.29 is 4.74 Å². The second-order valence-electron chi connectivity index (χ2n) is 4.07. The molecule has 2 rings (SSSR count). The number of anilines is 1. The van der Waals surface area contributed by atoms with E-state index in [-0.39, 0.29) is 0 Å². The maximum atomic E-state index is 5.31. The van der Waals surface area contributed by atoms with Crippen molar-refractivity contribution in [3.8, 4) is 0 Å². The van der Waals surface area contributed by atoms with Gasteiger partial charge in [0.25, 0.3) is 0 Å². The van der Waals surface area contributed by atoms with E-state index in [4.69, 9.17) is 4.74 Å². The first-order valence-electron chi connectivity index (χ1n) is 5.96. The molecular formula is C13H17N3OSe. The van der Waals surface area contributed by atoms with Gasteiger partial charge in [0, 0.05) is 0 Å². The summed E-state index contributed by atoms with van der Waals surface area (Å²) >= 11 is 3.02. The summed E-state index contributed by atoms with van der Waals surface area (Å²) in [5.74, 6) is 0. The topological polar surface area (TPSA) is 28.1 Å². The molecule has 0 radical (unpaired) electrons. The number of ether oxygens (including phenoxy) is 1. The first-order valence-corrected chi connectivity index (χ1v) is 6.82. The van der Waals surface area contributed by atoms with Crippen LogP contribution in [0.15, 0.2) is 35.3 Å². The van der Waals surface area contributed by atoms with Gasteiger partial charge in [-0.3, -0.25) is 0 Å². The third-order valence-electron chi connectivity index (χ3n) is 2.79.